The zero-order valence-electron chi connectivity index (χ0n) is 13.2. The van der Waals surface area contributed by atoms with Gasteiger partial charge in [-0.25, -0.2) is 9.67 Å². The summed E-state index contributed by atoms with van der Waals surface area (Å²) in [6.45, 7) is 1.81. The number of hydrogen-bond acceptors (Lipinski definition) is 4. The highest BCUT2D eigenvalue weighted by molar-refractivity contribution is 5.46. The van der Waals surface area contributed by atoms with Crippen LogP contribution >= 0.6 is 0 Å². The molecule has 0 amide bonds. The normalized spacial score (nSPS) is 12.1. The summed E-state index contributed by atoms with van der Waals surface area (Å²) in [5, 5.41) is 15.0. The molecule has 0 unspecified atom stereocenters. The monoisotopic (exact) mass is 309 g/mol. The molecule has 118 valence electrons. The van der Waals surface area contributed by atoms with Gasteiger partial charge in [-0.2, -0.15) is 5.10 Å². The van der Waals surface area contributed by atoms with Gasteiger partial charge in [-0.3, -0.25) is 0 Å². The van der Waals surface area contributed by atoms with E-state index in [0.717, 1.165) is 11.3 Å². The van der Waals surface area contributed by atoms with E-state index in [1.54, 1.807) is 11.8 Å². The predicted octanol–water partition coefficient (Wildman–Crippen LogP) is 2.86. The second-order valence-electron chi connectivity index (χ2n) is 5.31. The van der Waals surface area contributed by atoms with Gasteiger partial charge in [0.1, 0.15) is 23.4 Å². The SMILES string of the molecule is COc1ccccc1-n1nc(C)nc1[C@@H](O)Cc1ccccc1. The molecule has 0 aliphatic heterocycles. The minimum absolute atomic E-state index is 0.480. The number of aliphatic hydroxyl groups is 1. The molecule has 0 aliphatic rings. The second-order valence-corrected chi connectivity index (χ2v) is 5.31. The Labute approximate surface area is 135 Å². The number of hydrogen-bond donors (Lipinski definition) is 1. The van der Waals surface area contributed by atoms with E-state index in [2.05, 4.69) is 10.1 Å². The van der Waals surface area contributed by atoms with Crippen LogP contribution in [0.4, 0.5) is 0 Å². The molecule has 0 aliphatic carbocycles. The standard InChI is InChI=1S/C18H19N3O2/c1-13-19-18(16(22)12-14-8-4-3-5-9-14)21(20-13)15-10-6-7-11-17(15)23-2/h3-11,16,22H,12H2,1-2H3/t16-/m0/s1. The second kappa shape index (κ2) is 6.62. The maximum Gasteiger partial charge on any atom is 0.161 e. The van der Waals surface area contributed by atoms with E-state index in [0.29, 0.717) is 23.8 Å². The molecule has 0 bridgehead atoms. The number of ether oxygens (including phenoxy) is 1. The number of aryl methyl sites for hydroxylation is 1. The summed E-state index contributed by atoms with van der Waals surface area (Å²) in [7, 11) is 1.61. The van der Waals surface area contributed by atoms with E-state index < -0.39 is 6.10 Å². The molecular weight excluding hydrogens is 290 g/mol. The Balaban J connectivity index is 1.97. The number of benzene rings is 2. The van der Waals surface area contributed by atoms with Crippen LogP contribution in [0.15, 0.2) is 54.6 Å². The Kier molecular flexibility index (Phi) is 4.39. The van der Waals surface area contributed by atoms with Crippen molar-refractivity contribution in [2.75, 3.05) is 7.11 Å². The van der Waals surface area contributed by atoms with Gasteiger partial charge in [-0.1, -0.05) is 42.5 Å². The first-order valence-corrected chi connectivity index (χ1v) is 7.48. The third-order valence-electron chi connectivity index (χ3n) is 3.62. The van der Waals surface area contributed by atoms with Crippen LogP contribution in [-0.4, -0.2) is 27.0 Å². The first-order chi connectivity index (χ1) is 11.2. The molecule has 1 atom stereocenters. The van der Waals surface area contributed by atoms with Gasteiger partial charge in [0.25, 0.3) is 0 Å². The summed E-state index contributed by atoms with van der Waals surface area (Å²) in [4.78, 5) is 4.40. The van der Waals surface area contributed by atoms with Crippen molar-refractivity contribution in [3.05, 3.63) is 71.8 Å². The van der Waals surface area contributed by atoms with Crippen molar-refractivity contribution in [1.82, 2.24) is 14.8 Å². The number of methoxy groups -OCH3 is 1. The van der Waals surface area contributed by atoms with Crippen molar-refractivity contribution >= 4 is 0 Å². The minimum Gasteiger partial charge on any atom is -0.494 e. The minimum atomic E-state index is -0.747. The molecule has 3 rings (SSSR count). The smallest absolute Gasteiger partial charge is 0.161 e. The van der Waals surface area contributed by atoms with Crippen LogP contribution in [-0.2, 0) is 6.42 Å². The lowest BCUT2D eigenvalue weighted by molar-refractivity contribution is 0.165. The van der Waals surface area contributed by atoms with E-state index in [1.165, 1.54) is 0 Å². The highest BCUT2D eigenvalue weighted by atomic mass is 16.5. The molecule has 2 aromatic carbocycles. The largest absolute Gasteiger partial charge is 0.494 e. The van der Waals surface area contributed by atoms with Crippen LogP contribution in [0.25, 0.3) is 5.69 Å². The number of para-hydroxylation sites is 2. The Hall–Kier alpha value is -2.66. The molecule has 0 spiro atoms. The van der Waals surface area contributed by atoms with Crippen LogP contribution in [0.3, 0.4) is 0 Å². The molecule has 23 heavy (non-hydrogen) atoms. The predicted molar refractivity (Wildman–Crippen MR) is 87.8 cm³/mol. The number of nitrogens with zero attached hydrogens (tertiary/aromatic N) is 3. The third kappa shape index (κ3) is 3.24. The molecule has 3 aromatic rings. The molecule has 0 radical (unpaired) electrons. The molecule has 0 saturated heterocycles. The van der Waals surface area contributed by atoms with Gasteiger partial charge in [0.15, 0.2) is 5.82 Å². The summed E-state index contributed by atoms with van der Waals surface area (Å²) in [6.07, 6.45) is -0.266. The van der Waals surface area contributed by atoms with Crippen molar-refractivity contribution < 1.29 is 9.84 Å². The first kappa shape index (κ1) is 15.2. The van der Waals surface area contributed by atoms with Gasteiger partial charge < -0.3 is 9.84 Å². The number of aliphatic hydroxyl groups excluding tert-OH is 1. The van der Waals surface area contributed by atoms with Crippen LogP contribution in [0.2, 0.25) is 0 Å². The fourth-order valence-electron chi connectivity index (χ4n) is 2.56. The van der Waals surface area contributed by atoms with Crippen molar-refractivity contribution in [2.45, 2.75) is 19.4 Å². The van der Waals surface area contributed by atoms with Crippen LogP contribution in [0, 0.1) is 6.92 Å². The van der Waals surface area contributed by atoms with Gasteiger partial charge in [0.05, 0.1) is 7.11 Å². The van der Waals surface area contributed by atoms with E-state index in [4.69, 9.17) is 4.74 Å². The number of rotatable bonds is 5. The molecule has 1 N–H and O–H groups in total. The van der Waals surface area contributed by atoms with E-state index in [9.17, 15) is 5.11 Å². The fraction of sp³-hybridized carbons (Fsp3) is 0.222. The number of aromatic nitrogens is 3. The van der Waals surface area contributed by atoms with Crippen molar-refractivity contribution in [3.8, 4) is 11.4 Å². The maximum absolute atomic E-state index is 10.6. The fourth-order valence-corrected chi connectivity index (χ4v) is 2.56. The van der Waals surface area contributed by atoms with E-state index >= 15 is 0 Å². The quantitative estimate of drug-likeness (QED) is 0.787. The Bertz CT molecular complexity index is 784. The van der Waals surface area contributed by atoms with E-state index in [-0.39, 0.29) is 0 Å². The third-order valence-corrected chi connectivity index (χ3v) is 3.62. The van der Waals surface area contributed by atoms with Crippen molar-refractivity contribution in [2.24, 2.45) is 0 Å². The highest BCUT2D eigenvalue weighted by Gasteiger charge is 2.20. The molecule has 5 nitrogen and oxygen atoms in total. The lowest BCUT2D eigenvalue weighted by Crippen LogP contribution is -2.11. The van der Waals surface area contributed by atoms with Gasteiger partial charge >= 0.3 is 0 Å². The molecular formula is C18H19N3O2. The van der Waals surface area contributed by atoms with Gasteiger partial charge in [-0.15, -0.1) is 0 Å². The molecule has 0 fully saturated rings. The van der Waals surface area contributed by atoms with Crippen molar-refractivity contribution in [1.29, 1.82) is 0 Å². The molecule has 1 heterocycles. The molecule has 5 heteroatoms. The van der Waals surface area contributed by atoms with Crippen LogP contribution in [0.1, 0.15) is 23.3 Å². The van der Waals surface area contributed by atoms with E-state index in [1.807, 2.05) is 61.5 Å². The molecule has 1 aromatic heterocycles. The summed E-state index contributed by atoms with van der Waals surface area (Å²) < 4.78 is 7.05. The lowest BCUT2D eigenvalue weighted by atomic mass is 10.1. The average molecular weight is 309 g/mol. The Morgan fingerprint density at radius 1 is 1.09 bits per heavy atom. The van der Waals surface area contributed by atoms with Crippen LogP contribution < -0.4 is 4.74 Å². The van der Waals surface area contributed by atoms with Gasteiger partial charge in [0, 0.05) is 6.42 Å². The summed E-state index contributed by atoms with van der Waals surface area (Å²) in [5.74, 6) is 1.81. The summed E-state index contributed by atoms with van der Waals surface area (Å²) in [5.41, 5.74) is 1.81. The zero-order valence-corrected chi connectivity index (χ0v) is 13.2. The summed E-state index contributed by atoms with van der Waals surface area (Å²) in [6, 6.07) is 17.4. The Morgan fingerprint density at radius 3 is 2.52 bits per heavy atom. The van der Waals surface area contributed by atoms with Crippen molar-refractivity contribution in [3.63, 3.8) is 0 Å². The van der Waals surface area contributed by atoms with Gasteiger partial charge in [0.2, 0.25) is 0 Å². The average Bonchev–Trinajstić information content (AvgIpc) is 2.97. The molecule has 0 saturated carbocycles. The van der Waals surface area contributed by atoms with Crippen LogP contribution in [0.5, 0.6) is 5.75 Å². The first-order valence-electron chi connectivity index (χ1n) is 7.48. The lowest BCUT2D eigenvalue weighted by Gasteiger charge is -2.14. The maximum atomic E-state index is 10.6. The highest BCUT2D eigenvalue weighted by Crippen LogP contribution is 2.26. The zero-order chi connectivity index (χ0) is 16.2. The van der Waals surface area contributed by atoms with Gasteiger partial charge in [-0.05, 0) is 24.6 Å². The Morgan fingerprint density at radius 2 is 1.78 bits per heavy atom. The topological polar surface area (TPSA) is 60.2 Å². The summed E-state index contributed by atoms with van der Waals surface area (Å²) >= 11 is 0.